The molecule has 0 radical (unpaired) electrons. The number of benzene rings is 1. The van der Waals surface area contributed by atoms with Gasteiger partial charge in [0.2, 0.25) is 0 Å². The van der Waals surface area contributed by atoms with Crippen LogP contribution in [0.15, 0.2) is 29.3 Å². The van der Waals surface area contributed by atoms with Crippen molar-refractivity contribution in [2.45, 2.75) is 36.3 Å². The average Bonchev–Trinajstić information content (AvgIpc) is 3.03. The molecule has 0 N–H and O–H groups in total. The van der Waals surface area contributed by atoms with E-state index in [0.717, 1.165) is 6.07 Å². The van der Waals surface area contributed by atoms with Crippen molar-refractivity contribution >= 4 is 22.4 Å². The van der Waals surface area contributed by atoms with E-state index in [2.05, 4.69) is 9.84 Å². The predicted molar refractivity (Wildman–Crippen MR) is 91.9 cm³/mol. The van der Waals surface area contributed by atoms with Crippen molar-refractivity contribution in [1.29, 1.82) is 0 Å². The lowest BCUT2D eigenvalue weighted by Crippen LogP contribution is -2.45. The number of aromatic nitrogens is 2. The smallest absolute Gasteiger partial charge is 0.425 e. The summed E-state index contributed by atoms with van der Waals surface area (Å²) in [6.45, 7) is -0.616. The Morgan fingerprint density at radius 2 is 1.77 bits per heavy atom. The summed E-state index contributed by atoms with van der Waals surface area (Å²) in [6, 6.07) is 2.11. The first-order valence-corrected chi connectivity index (χ1v) is 9.84. The van der Waals surface area contributed by atoms with Gasteiger partial charge in [-0.2, -0.15) is 40.2 Å². The maximum Gasteiger partial charge on any atom is 0.425 e. The number of alkyl halides is 9. The second kappa shape index (κ2) is 8.88. The maximum atomic E-state index is 13.4. The van der Waals surface area contributed by atoms with Gasteiger partial charge in [0.05, 0.1) is 33.1 Å². The quantitative estimate of drug-likeness (QED) is 0.464. The van der Waals surface area contributed by atoms with Gasteiger partial charge < -0.3 is 4.74 Å². The van der Waals surface area contributed by atoms with Crippen molar-refractivity contribution in [3.8, 4) is 11.4 Å². The Morgan fingerprint density at radius 3 is 2.29 bits per heavy atom. The van der Waals surface area contributed by atoms with Gasteiger partial charge in [0.15, 0.2) is 17.5 Å². The van der Waals surface area contributed by atoms with E-state index in [9.17, 15) is 43.7 Å². The minimum Gasteiger partial charge on any atom is -0.482 e. The Labute approximate surface area is 176 Å². The molecule has 1 aromatic heterocycles. The van der Waals surface area contributed by atoms with Gasteiger partial charge in [0, 0.05) is 5.75 Å². The zero-order valence-electron chi connectivity index (χ0n) is 15.2. The molecule has 2 rings (SSSR count). The summed E-state index contributed by atoms with van der Waals surface area (Å²) in [4.78, 5) is -0.333. The van der Waals surface area contributed by atoms with Crippen molar-refractivity contribution in [3.63, 3.8) is 0 Å². The van der Waals surface area contributed by atoms with E-state index in [1.54, 1.807) is 0 Å². The summed E-state index contributed by atoms with van der Waals surface area (Å²) >= 11 is 5.90. The molecule has 0 aliphatic heterocycles. The number of rotatable bonds is 7. The summed E-state index contributed by atoms with van der Waals surface area (Å²) in [5, 5.41) is 3.01. The van der Waals surface area contributed by atoms with Gasteiger partial charge in [-0.3, -0.25) is 4.21 Å². The van der Waals surface area contributed by atoms with Crippen molar-refractivity contribution in [3.05, 3.63) is 35.1 Å². The van der Waals surface area contributed by atoms with Gasteiger partial charge >= 0.3 is 18.3 Å². The molecule has 0 amide bonds. The second-order valence-corrected chi connectivity index (χ2v) is 8.05. The van der Waals surface area contributed by atoms with Crippen LogP contribution < -0.4 is 4.74 Å². The molecule has 0 bridgehead atoms. The van der Waals surface area contributed by atoms with Gasteiger partial charge in [0.1, 0.15) is 0 Å². The number of hydrogen-bond donors (Lipinski definition) is 0. The van der Waals surface area contributed by atoms with Gasteiger partial charge in [-0.05, 0) is 18.2 Å². The van der Waals surface area contributed by atoms with Crippen LogP contribution in [-0.4, -0.2) is 44.6 Å². The second-order valence-electron chi connectivity index (χ2n) is 5.98. The largest absolute Gasteiger partial charge is 0.482 e. The Balaban J connectivity index is 2.38. The van der Waals surface area contributed by atoms with E-state index in [1.807, 2.05) is 0 Å². The Kier molecular flexibility index (Phi) is 7.25. The number of halogens is 10. The van der Waals surface area contributed by atoms with Crippen molar-refractivity contribution in [2.24, 2.45) is 0 Å². The van der Waals surface area contributed by atoms with E-state index in [1.165, 1.54) is 6.92 Å². The molecule has 0 saturated carbocycles. The van der Waals surface area contributed by atoms with Crippen LogP contribution in [0.4, 0.5) is 39.5 Å². The molecule has 1 aromatic carbocycles. The maximum absolute atomic E-state index is 13.4. The average molecular weight is 503 g/mol. The van der Waals surface area contributed by atoms with Gasteiger partial charge in [0.25, 0.3) is 6.17 Å². The third-order valence-corrected chi connectivity index (χ3v) is 5.47. The molecule has 0 spiro atoms. The van der Waals surface area contributed by atoms with Gasteiger partial charge in [-0.25, -0.2) is 9.07 Å². The summed E-state index contributed by atoms with van der Waals surface area (Å²) in [7, 11) is -1.94. The number of nitrogens with zero attached hydrogens (tertiary/aromatic N) is 2. The first kappa shape index (κ1) is 25.3. The molecule has 0 fully saturated rings. The highest BCUT2D eigenvalue weighted by molar-refractivity contribution is 7.85. The molecule has 174 valence electrons. The fourth-order valence-corrected chi connectivity index (χ4v) is 3.47. The monoisotopic (exact) mass is 502 g/mol. The Hall–Kier alpha value is -1.96. The zero-order valence-corrected chi connectivity index (χ0v) is 16.8. The van der Waals surface area contributed by atoms with Crippen LogP contribution in [0.2, 0.25) is 5.15 Å². The van der Waals surface area contributed by atoms with Gasteiger partial charge in [-0.15, -0.1) is 0 Å². The molecule has 1 heterocycles. The van der Waals surface area contributed by atoms with E-state index in [-0.39, 0.29) is 16.3 Å². The highest BCUT2D eigenvalue weighted by Gasteiger charge is 2.57. The standard InChI is InChI=1S/C16H12ClF9N2O2S/c1-2-31(29)11-5-8(15(21,22)23)3-4-9(11)28-12(17)10(6-27-28)30-7-14(19,20)13(18)16(24,25)26/h3-6,13H,2,7H2,1H3. The molecule has 0 saturated heterocycles. The molecule has 0 aliphatic rings. The normalized spacial score (nSPS) is 15.1. The first-order valence-electron chi connectivity index (χ1n) is 8.14. The van der Waals surface area contributed by atoms with E-state index < -0.39 is 58.3 Å². The zero-order chi connectivity index (χ0) is 23.8. The lowest BCUT2D eigenvalue weighted by molar-refractivity contribution is -0.250. The molecular weight excluding hydrogens is 491 g/mol. The molecule has 15 heteroatoms. The highest BCUT2D eigenvalue weighted by Crippen LogP contribution is 2.37. The summed E-state index contributed by atoms with van der Waals surface area (Å²) in [5.74, 6) is -5.73. The van der Waals surface area contributed by atoms with E-state index in [0.29, 0.717) is 23.0 Å². The summed E-state index contributed by atoms with van der Waals surface area (Å²) in [6.07, 6.45) is -14.4. The summed E-state index contributed by atoms with van der Waals surface area (Å²) < 4.78 is 133. The van der Waals surface area contributed by atoms with Crippen LogP contribution in [0.5, 0.6) is 5.75 Å². The highest BCUT2D eigenvalue weighted by atomic mass is 35.5. The SMILES string of the molecule is CCS(=O)c1cc(C(F)(F)F)ccc1-n1ncc(OCC(F)(F)C(F)C(F)(F)F)c1Cl. The van der Waals surface area contributed by atoms with Crippen LogP contribution in [-0.2, 0) is 17.0 Å². The first-order chi connectivity index (χ1) is 14.1. The van der Waals surface area contributed by atoms with Crippen LogP contribution in [0.25, 0.3) is 5.69 Å². The number of hydrogen-bond acceptors (Lipinski definition) is 3. The van der Waals surface area contributed by atoms with E-state index in [4.69, 9.17) is 11.6 Å². The molecule has 4 nitrogen and oxygen atoms in total. The molecular formula is C16H12ClF9N2O2S. The van der Waals surface area contributed by atoms with Crippen molar-refractivity contribution < 1.29 is 48.5 Å². The molecule has 2 unspecified atom stereocenters. The van der Waals surface area contributed by atoms with Crippen molar-refractivity contribution in [1.82, 2.24) is 9.78 Å². The van der Waals surface area contributed by atoms with Crippen molar-refractivity contribution in [2.75, 3.05) is 12.4 Å². The summed E-state index contributed by atoms with van der Waals surface area (Å²) in [5.41, 5.74) is -1.33. The van der Waals surface area contributed by atoms with E-state index >= 15 is 0 Å². The third-order valence-electron chi connectivity index (χ3n) is 3.78. The third kappa shape index (κ3) is 5.64. The Bertz CT molecular complexity index is 960. The fourth-order valence-electron chi connectivity index (χ4n) is 2.27. The Morgan fingerprint density at radius 1 is 1.16 bits per heavy atom. The minimum atomic E-state index is -5.83. The topological polar surface area (TPSA) is 44.1 Å². The lowest BCUT2D eigenvalue weighted by atomic mass is 10.2. The van der Waals surface area contributed by atoms with Crippen LogP contribution in [0.3, 0.4) is 0 Å². The van der Waals surface area contributed by atoms with Gasteiger partial charge in [-0.1, -0.05) is 18.5 Å². The van der Waals surface area contributed by atoms with Crippen LogP contribution in [0, 0.1) is 0 Å². The fraction of sp³-hybridized carbons (Fsp3) is 0.438. The van der Waals surface area contributed by atoms with Crippen LogP contribution in [0.1, 0.15) is 12.5 Å². The predicted octanol–water partition coefficient (Wildman–Crippen LogP) is 5.59. The molecule has 2 aromatic rings. The lowest BCUT2D eigenvalue weighted by Gasteiger charge is -2.22. The minimum absolute atomic E-state index is 0.0852. The molecule has 2 atom stereocenters. The molecule has 0 aliphatic carbocycles. The number of ether oxygens (including phenoxy) is 1. The molecule has 31 heavy (non-hydrogen) atoms. The van der Waals surface area contributed by atoms with Crippen LogP contribution >= 0.6 is 11.6 Å².